The fraction of sp³-hybridized carbons (Fsp3) is 0.250. The van der Waals surface area contributed by atoms with E-state index < -0.39 is 7.60 Å². The molecule has 0 saturated heterocycles. The van der Waals surface area contributed by atoms with Gasteiger partial charge in [0.05, 0.1) is 5.31 Å². The van der Waals surface area contributed by atoms with Crippen molar-refractivity contribution in [3.63, 3.8) is 0 Å². The minimum Gasteiger partial charge on any atom is -0.321 e. The third-order valence-corrected chi connectivity index (χ3v) is 2.25. The number of hydrogen-bond acceptors (Lipinski definition) is 1. The molecule has 12 heavy (non-hydrogen) atoms. The molecule has 0 aromatic rings. The highest BCUT2D eigenvalue weighted by atomic mass is 31.2. The van der Waals surface area contributed by atoms with E-state index >= 15 is 0 Å². The van der Waals surface area contributed by atoms with Crippen LogP contribution in [0.15, 0.2) is 35.7 Å². The Kier molecular flexibility index (Phi) is 4.18. The Hall–Kier alpha value is -0.630. The Balaban J connectivity index is 4.65. The van der Waals surface area contributed by atoms with Crippen LogP contribution in [0.3, 0.4) is 0 Å². The van der Waals surface area contributed by atoms with Gasteiger partial charge in [0.25, 0.3) is 0 Å². The Morgan fingerprint density at radius 2 is 1.92 bits per heavy atom. The van der Waals surface area contributed by atoms with Crippen molar-refractivity contribution in [1.29, 1.82) is 0 Å². The average molecular weight is 188 g/mol. The largest absolute Gasteiger partial charge is 0.355 e. The molecule has 0 aromatic carbocycles. The lowest BCUT2D eigenvalue weighted by atomic mass is 10.3. The van der Waals surface area contributed by atoms with Gasteiger partial charge < -0.3 is 9.79 Å². The lowest BCUT2D eigenvalue weighted by molar-refractivity contribution is 0.383. The Morgan fingerprint density at radius 1 is 1.42 bits per heavy atom. The summed E-state index contributed by atoms with van der Waals surface area (Å²) in [5.74, 6) is 0. The van der Waals surface area contributed by atoms with E-state index in [9.17, 15) is 4.57 Å². The van der Waals surface area contributed by atoms with Crippen LogP contribution in [0.25, 0.3) is 0 Å². The predicted molar refractivity (Wildman–Crippen MR) is 49.8 cm³/mol. The Labute approximate surface area is 72.3 Å². The molecule has 0 spiro atoms. The molecule has 4 heteroatoms. The van der Waals surface area contributed by atoms with Gasteiger partial charge in [0.1, 0.15) is 0 Å². The van der Waals surface area contributed by atoms with Gasteiger partial charge in [0.2, 0.25) is 0 Å². The molecule has 0 aromatic heterocycles. The van der Waals surface area contributed by atoms with E-state index in [4.69, 9.17) is 9.79 Å². The second-order valence-corrected chi connectivity index (χ2v) is 4.04. The van der Waals surface area contributed by atoms with Gasteiger partial charge in [-0.1, -0.05) is 24.3 Å². The fourth-order valence-electron chi connectivity index (χ4n) is 0.589. The molecule has 0 amide bonds. The van der Waals surface area contributed by atoms with E-state index in [1.807, 2.05) is 0 Å². The summed E-state index contributed by atoms with van der Waals surface area (Å²) in [6.07, 6.45) is 4.33. The highest BCUT2D eigenvalue weighted by Gasteiger charge is 2.16. The molecule has 0 bridgehead atoms. The first kappa shape index (κ1) is 11.4. The maximum atomic E-state index is 10.7. The lowest BCUT2D eigenvalue weighted by Crippen LogP contribution is -1.80. The van der Waals surface area contributed by atoms with Gasteiger partial charge in [-0.05, 0) is 19.9 Å². The van der Waals surface area contributed by atoms with E-state index in [0.29, 0.717) is 0 Å². The molecule has 0 aliphatic rings. The van der Waals surface area contributed by atoms with Crippen molar-refractivity contribution in [3.05, 3.63) is 35.7 Å². The van der Waals surface area contributed by atoms with Crippen LogP contribution in [0.4, 0.5) is 0 Å². The zero-order chi connectivity index (χ0) is 9.78. The van der Waals surface area contributed by atoms with Gasteiger partial charge in [0.15, 0.2) is 0 Å². The van der Waals surface area contributed by atoms with Crippen LogP contribution in [-0.4, -0.2) is 9.79 Å². The zero-order valence-electron chi connectivity index (χ0n) is 7.19. The van der Waals surface area contributed by atoms with Gasteiger partial charge >= 0.3 is 7.60 Å². The molecule has 0 saturated carbocycles. The van der Waals surface area contributed by atoms with Crippen LogP contribution >= 0.6 is 7.60 Å². The van der Waals surface area contributed by atoms with Crippen LogP contribution in [0.2, 0.25) is 0 Å². The summed E-state index contributed by atoms with van der Waals surface area (Å²) in [5, 5.41) is 0.0190. The maximum absolute atomic E-state index is 10.7. The maximum Gasteiger partial charge on any atom is 0.355 e. The SMILES string of the molecule is C=C(C)/C=C\C(=C/C)P(=O)(O)O. The molecule has 3 nitrogen and oxygen atoms in total. The Bertz CT molecular complexity index is 270. The summed E-state index contributed by atoms with van der Waals surface area (Å²) in [4.78, 5) is 17.5. The molecule has 0 aliphatic heterocycles. The second kappa shape index (κ2) is 4.41. The monoisotopic (exact) mass is 188 g/mol. The molecular weight excluding hydrogens is 175 g/mol. The molecule has 2 N–H and O–H groups in total. The normalized spacial score (nSPS) is 13.8. The number of allylic oxidation sites excluding steroid dienone is 5. The summed E-state index contributed by atoms with van der Waals surface area (Å²) in [6.45, 7) is 6.91. The summed E-state index contributed by atoms with van der Waals surface area (Å²) < 4.78 is 10.7. The van der Waals surface area contributed by atoms with Crippen LogP contribution in [0.5, 0.6) is 0 Å². The first-order valence-electron chi connectivity index (χ1n) is 3.44. The fourth-order valence-corrected chi connectivity index (χ4v) is 1.19. The van der Waals surface area contributed by atoms with Crippen molar-refractivity contribution in [2.75, 3.05) is 0 Å². The van der Waals surface area contributed by atoms with Gasteiger partial charge in [-0.2, -0.15) is 0 Å². The highest BCUT2D eigenvalue weighted by molar-refractivity contribution is 7.56. The topological polar surface area (TPSA) is 57.5 Å². The standard InChI is InChI=1S/C8H13O3P/c1-4-8(12(9,10)11)6-5-7(2)3/h4-6H,2H2,1,3H3,(H2,9,10,11)/b6-5-,8-4+. The minimum absolute atomic E-state index is 0.0190. The van der Waals surface area contributed by atoms with E-state index in [1.165, 1.54) is 12.2 Å². The van der Waals surface area contributed by atoms with Crippen molar-refractivity contribution >= 4 is 7.60 Å². The van der Waals surface area contributed by atoms with Crippen LogP contribution < -0.4 is 0 Å². The molecule has 0 atom stereocenters. The predicted octanol–water partition coefficient (Wildman–Crippen LogP) is 2.20. The molecule has 0 radical (unpaired) electrons. The van der Waals surface area contributed by atoms with Crippen molar-refractivity contribution in [1.82, 2.24) is 0 Å². The third kappa shape index (κ3) is 4.29. The molecule has 68 valence electrons. The van der Waals surface area contributed by atoms with Crippen LogP contribution in [-0.2, 0) is 4.57 Å². The molecular formula is C8H13O3P. The number of rotatable bonds is 3. The van der Waals surface area contributed by atoms with Gasteiger partial charge in [-0.3, -0.25) is 4.57 Å². The van der Waals surface area contributed by atoms with E-state index in [1.54, 1.807) is 19.9 Å². The van der Waals surface area contributed by atoms with Crippen molar-refractivity contribution in [2.45, 2.75) is 13.8 Å². The smallest absolute Gasteiger partial charge is 0.321 e. The quantitative estimate of drug-likeness (QED) is 0.527. The summed E-state index contributed by atoms with van der Waals surface area (Å²) in [7, 11) is -4.10. The van der Waals surface area contributed by atoms with Gasteiger partial charge in [-0.25, -0.2) is 0 Å². The summed E-state index contributed by atoms with van der Waals surface area (Å²) in [6, 6.07) is 0. The molecule has 0 fully saturated rings. The third-order valence-electron chi connectivity index (χ3n) is 1.17. The van der Waals surface area contributed by atoms with E-state index in [-0.39, 0.29) is 5.31 Å². The highest BCUT2D eigenvalue weighted by Crippen LogP contribution is 2.45. The van der Waals surface area contributed by atoms with Crippen LogP contribution in [0, 0.1) is 0 Å². The lowest BCUT2D eigenvalue weighted by Gasteiger charge is -2.02. The van der Waals surface area contributed by atoms with E-state index in [0.717, 1.165) is 5.57 Å². The first-order chi connectivity index (χ1) is 5.38. The zero-order valence-corrected chi connectivity index (χ0v) is 8.08. The van der Waals surface area contributed by atoms with Crippen molar-refractivity contribution < 1.29 is 14.4 Å². The second-order valence-electron chi connectivity index (χ2n) is 2.44. The Morgan fingerprint density at radius 3 is 2.17 bits per heavy atom. The molecule has 0 aliphatic carbocycles. The summed E-state index contributed by atoms with van der Waals surface area (Å²) >= 11 is 0. The van der Waals surface area contributed by atoms with Gasteiger partial charge in [0, 0.05) is 0 Å². The first-order valence-corrected chi connectivity index (χ1v) is 5.05. The molecule has 0 heterocycles. The van der Waals surface area contributed by atoms with Crippen molar-refractivity contribution in [3.8, 4) is 0 Å². The molecule has 0 unspecified atom stereocenters. The van der Waals surface area contributed by atoms with Gasteiger partial charge in [-0.15, -0.1) is 0 Å². The van der Waals surface area contributed by atoms with E-state index in [2.05, 4.69) is 6.58 Å². The van der Waals surface area contributed by atoms with Crippen LogP contribution in [0.1, 0.15) is 13.8 Å². The number of hydrogen-bond donors (Lipinski definition) is 2. The minimum atomic E-state index is -4.10. The molecule has 0 rings (SSSR count). The average Bonchev–Trinajstić information content (AvgIpc) is 1.85. The summed E-state index contributed by atoms with van der Waals surface area (Å²) in [5.41, 5.74) is 0.753. The van der Waals surface area contributed by atoms with Crippen molar-refractivity contribution in [2.24, 2.45) is 0 Å².